The first-order chi connectivity index (χ1) is 8.83. The normalized spacial score (nSPS) is 10.1. The number of aryl methyl sites for hydroxylation is 1. The van der Waals surface area contributed by atoms with Gasteiger partial charge in [0.1, 0.15) is 5.75 Å². The van der Waals surface area contributed by atoms with Crippen molar-refractivity contribution in [3.8, 4) is 17.2 Å². The molecule has 0 unspecified atom stereocenters. The minimum atomic E-state index is 0.634. The third kappa shape index (κ3) is 3.04. The number of benzene rings is 2. The SMILES string of the molecule is CCOc1ccccc1Oc1ccc(CC)cc1. The van der Waals surface area contributed by atoms with Crippen molar-refractivity contribution >= 4 is 0 Å². The van der Waals surface area contributed by atoms with Gasteiger partial charge in [-0.15, -0.1) is 0 Å². The maximum atomic E-state index is 5.84. The van der Waals surface area contributed by atoms with Gasteiger partial charge in [0.2, 0.25) is 0 Å². The zero-order chi connectivity index (χ0) is 12.8. The molecule has 0 atom stereocenters. The predicted molar refractivity (Wildman–Crippen MR) is 73.5 cm³/mol. The Morgan fingerprint density at radius 1 is 0.833 bits per heavy atom. The van der Waals surface area contributed by atoms with Gasteiger partial charge in [-0.05, 0) is 43.2 Å². The molecule has 0 heterocycles. The van der Waals surface area contributed by atoms with E-state index >= 15 is 0 Å². The molecule has 2 nitrogen and oxygen atoms in total. The van der Waals surface area contributed by atoms with E-state index in [1.807, 2.05) is 43.3 Å². The highest BCUT2D eigenvalue weighted by Gasteiger charge is 2.04. The number of rotatable bonds is 5. The molecule has 0 saturated heterocycles. The van der Waals surface area contributed by atoms with Crippen molar-refractivity contribution in [1.82, 2.24) is 0 Å². The zero-order valence-corrected chi connectivity index (χ0v) is 10.8. The van der Waals surface area contributed by atoms with Gasteiger partial charge in [-0.25, -0.2) is 0 Å². The molecule has 0 N–H and O–H groups in total. The lowest BCUT2D eigenvalue weighted by atomic mass is 10.2. The summed E-state index contributed by atoms with van der Waals surface area (Å²) in [5.74, 6) is 2.36. The molecule has 0 aliphatic carbocycles. The Kier molecular flexibility index (Phi) is 4.24. The molecule has 0 amide bonds. The van der Waals surface area contributed by atoms with Crippen LogP contribution in [0.3, 0.4) is 0 Å². The number of hydrogen-bond donors (Lipinski definition) is 0. The van der Waals surface area contributed by atoms with E-state index in [9.17, 15) is 0 Å². The van der Waals surface area contributed by atoms with Crippen molar-refractivity contribution in [3.63, 3.8) is 0 Å². The smallest absolute Gasteiger partial charge is 0.169 e. The van der Waals surface area contributed by atoms with Gasteiger partial charge in [-0.1, -0.05) is 31.2 Å². The highest BCUT2D eigenvalue weighted by molar-refractivity contribution is 5.43. The van der Waals surface area contributed by atoms with Gasteiger partial charge < -0.3 is 9.47 Å². The van der Waals surface area contributed by atoms with Gasteiger partial charge in [0.15, 0.2) is 11.5 Å². The minimum absolute atomic E-state index is 0.634. The van der Waals surface area contributed by atoms with E-state index in [0.717, 1.165) is 23.7 Å². The van der Waals surface area contributed by atoms with Crippen LogP contribution in [0.4, 0.5) is 0 Å². The van der Waals surface area contributed by atoms with Gasteiger partial charge in [-0.2, -0.15) is 0 Å². The van der Waals surface area contributed by atoms with E-state index in [1.54, 1.807) is 0 Å². The van der Waals surface area contributed by atoms with Crippen LogP contribution in [0.5, 0.6) is 17.2 Å². The Hall–Kier alpha value is -1.96. The van der Waals surface area contributed by atoms with Gasteiger partial charge in [0, 0.05) is 0 Å². The van der Waals surface area contributed by atoms with Crippen molar-refractivity contribution in [2.45, 2.75) is 20.3 Å². The van der Waals surface area contributed by atoms with E-state index in [2.05, 4.69) is 19.1 Å². The molecule has 18 heavy (non-hydrogen) atoms. The summed E-state index contributed by atoms with van der Waals surface area (Å²) in [5, 5.41) is 0. The van der Waals surface area contributed by atoms with E-state index in [4.69, 9.17) is 9.47 Å². The molecule has 0 spiro atoms. The average Bonchev–Trinajstić information content (AvgIpc) is 2.42. The van der Waals surface area contributed by atoms with Gasteiger partial charge in [-0.3, -0.25) is 0 Å². The molecule has 0 bridgehead atoms. The highest BCUT2D eigenvalue weighted by atomic mass is 16.5. The molecule has 0 aliphatic rings. The van der Waals surface area contributed by atoms with E-state index in [-0.39, 0.29) is 0 Å². The Morgan fingerprint density at radius 2 is 1.50 bits per heavy atom. The number of hydrogen-bond acceptors (Lipinski definition) is 2. The first-order valence-electron chi connectivity index (χ1n) is 6.32. The summed E-state index contributed by atoms with van der Waals surface area (Å²) in [6.45, 7) is 4.74. The van der Waals surface area contributed by atoms with Gasteiger partial charge in [0.05, 0.1) is 6.61 Å². The number of para-hydroxylation sites is 2. The average molecular weight is 242 g/mol. The molecule has 0 aromatic heterocycles. The molecule has 0 saturated carbocycles. The maximum absolute atomic E-state index is 5.84. The van der Waals surface area contributed by atoms with Crippen molar-refractivity contribution in [1.29, 1.82) is 0 Å². The third-order valence-corrected chi connectivity index (χ3v) is 2.71. The molecular weight excluding hydrogens is 224 g/mol. The zero-order valence-electron chi connectivity index (χ0n) is 10.8. The van der Waals surface area contributed by atoms with Crippen LogP contribution in [0.15, 0.2) is 48.5 Å². The van der Waals surface area contributed by atoms with Crippen LogP contribution in [0.1, 0.15) is 19.4 Å². The molecule has 2 rings (SSSR count). The summed E-state index contributed by atoms with van der Waals surface area (Å²) in [4.78, 5) is 0. The second-order valence-corrected chi connectivity index (χ2v) is 3.98. The summed E-state index contributed by atoms with van der Waals surface area (Å²) in [6, 6.07) is 15.9. The predicted octanol–water partition coefficient (Wildman–Crippen LogP) is 4.44. The van der Waals surface area contributed by atoms with Crippen LogP contribution in [0.2, 0.25) is 0 Å². The highest BCUT2D eigenvalue weighted by Crippen LogP contribution is 2.31. The van der Waals surface area contributed by atoms with E-state index in [1.165, 1.54) is 5.56 Å². The molecule has 0 aliphatic heterocycles. The fourth-order valence-electron chi connectivity index (χ4n) is 1.73. The Bertz CT molecular complexity index is 489. The molecule has 0 radical (unpaired) electrons. The van der Waals surface area contributed by atoms with E-state index in [0.29, 0.717) is 6.61 Å². The lowest BCUT2D eigenvalue weighted by Crippen LogP contribution is -1.94. The van der Waals surface area contributed by atoms with Crippen LogP contribution in [0.25, 0.3) is 0 Å². The number of ether oxygens (including phenoxy) is 2. The second kappa shape index (κ2) is 6.10. The van der Waals surface area contributed by atoms with Crippen molar-refractivity contribution < 1.29 is 9.47 Å². The summed E-state index contributed by atoms with van der Waals surface area (Å²) in [7, 11) is 0. The van der Waals surface area contributed by atoms with E-state index < -0.39 is 0 Å². The van der Waals surface area contributed by atoms with Crippen LogP contribution in [-0.4, -0.2) is 6.61 Å². The Labute approximate surface area is 108 Å². The summed E-state index contributed by atoms with van der Waals surface area (Å²) in [6.07, 6.45) is 1.04. The van der Waals surface area contributed by atoms with Gasteiger partial charge in [0.25, 0.3) is 0 Å². The van der Waals surface area contributed by atoms with Crippen molar-refractivity contribution in [2.24, 2.45) is 0 Å². The second-order valence-electron chi connectivity index (χ2n) is 3.98. The van der Waals surface area contributed by atoms with Crippen LogP contribution in [0, 0.1) is 0 Å². The molecule has 2 aromatic carbocycles. The fourth-order valence-corrected chi connectivity index (χ4v) is 1.73. The first-order valence-corrected chi connectivity index (χ1v) is 6.32. The standard InChI is InChI=1S/C16H18O2/c1-3-13-9-11-14(12-10-13)18-16-8-6-5-7-15(16)17-4-2/h5-12H,3-4H2,1-2H3. The van der Waals surface area contributed by atoms with Crippen LogP contribution < -0.4 is 9.47 Å². The van der Waals surface area contributed by atoms with Crippen molar-refractivity contribution in [3.05, 3.63) is 54.1 Å². The summed E-state index contributed by atoms with van der Waals surface area (Å²) >= 11 is 0. The first kappa shape index (κ1) is 12.5. The Balaban J connectivity index is 2.17. The van der Waals surface area contributed by atoms with Crippen LogP contribution >= 0.6 is 0 Å². The topological polar surface area (TPSA) is 18.5 Å². The van der Waals surface area contributed by atoms with Crippen LogP contribution in [-0.2, 0) is 6.42 Å². The quantitative estimate of drug-likeness (QED) is 0.771. The molecule has 94 valence electrons. The summed E-state index contributed by atoms with van der Waals surface area (Å²) in [5.41, 5.74) is 1.31. The van der Waals surface area contributed by atoms with Gasteiger partial charge >= 0.3 is 0 Å². The lowest BCUT2D eigenvalue weighted by Gasteiger charge is -2.11. The lowest BCUT2D eigenvalue weighted by molar-refractivity contribution is 0.321. The molecule has 0 fully saturated rings. The molecule has 2 aromatic rings. The van der Waals surface area contributed by atoms with Crippen molar-refractivity contribution in [2.75, 3.05) is 6.61 Å². The minimum Gasteiger partial charge on any atom is -0.490 e. The monoisotopic (exact) mass is 242 g/mol. The molecular formula is C16H18O2. The largest absolute Gasteiger partial charge is 0.490 e. The third-order valence-electron chi connectivity index (χ3n) is 2.71. The summed E-state index contributed by atoms with van der Waals surface area (Å²) < 4.78 is 11.4. The molecule has 2 heteroatoms. The maximum Gasteiger partial charge on any atom is 0.169 e. The fraction of sp³-hybridized carbons (Fsp3) is 0.250. The Morgan fingerprint density at radius 3 is 2.11 bits per heavy atom.